The van der Waals surface area contributed by atoms with E-state index in [1.165, 1.54) is 68.6 Å². The Hall–Kier alpha value is -6.20. The van der Waals surface area contributed by atoms with Crippen LogP contribution in [0, 0.1) is 0 Å². The molecule has 1 aliphatic rings. The molecule has 7 nitrogen and oxygen atoms in total. The highest BCUT2D eigenvalue weighted by atomic mass is 32.1. The van der Waals surface area contributed by atoms with Crippen molar-refractivity contribution in [3.05, 3.63) is 151 Å². The first-order valence-electron chi connectivity index (χ1n) is 18.0. The largest absolute Gasteiger partial charge is 0.304 e. The highest BCUT2D eigenvalue weighted by Gasteiger charge is 2.36. The molecule has 0 amide bonds. The minimum atomic E-state index is -0.0477. The Morgan fingerprint density at radius 2 is 0.891 bits per heavy atom. The lowest BCUT2D eigenvalue weighted by Crippen LogP contribution is -2.14. The number of fused-ring (bicyclic) bond motifs is 6. The maximum Gasteiger partial charge on any atom is 0.129 e. The van der Waals surface area contributed by atoms with Gasteiger partial charge in [-0.2, -0.15) is 26.2 Å². The van der Waals surface area contributed by atoms with Crippen LogP contribution in [0.4, 0.5) is 17.1 Å². The summed E-state index contributed by atoms with van der Waals surface area (Å²) in [6.45, 7) is 4.65. The van der Waals surface area contributed by atoms with Gasteiger partial charge >= 0.3 is 0 Å². The minimum absolute atomic E-state index is 0.0477. The molecule has 0 aliphatic heterocycles. The number of benzene rings is 7. The van der Waals surface area contributed by atoms with Crippen LogP contribution < -0.4 is 4.90 Å². The lowest BCUT2D eigenvalue weighted by molar-refractivity contribution is 0.660. The van der Waals surface area contributed by atoms with Crippen molar-refractivity contribution >= 4 is 85.3 Å². The lowest BCUT2D eigenvalue weighted by Gasteiger charge is -2.26. The van der Waals surface area contributed by atoms with Crippen molar-refractivity contribution < 1.29 is 0 Å². The molecular weight excluding hydrogens is 735 g/mol. The molecule has 0 spiro atoms. The molecule has 0 unspecified atom stereocenters. The zero-order valence-corrected chi connectivity index (χ0v) is 32.1. The molecule has 7 aromatic carbocycles. The van der Waals surface area contributed by atoms with Crippen LogP contribution in [0.2, 0.25) is 0 Å². The molecule has 0 radical (unpaired) electrons. The number of anilines is 3. The summed E-state index contributed by atoms with van der Waals surface area (Å²) in [5.74, 6) is 0. The van der Waals surface area contributed by atoms with Crippen LogP contribution in [0.5, 0.6) is 0 Å². The SMILES string of the molecule is CC1(C)c2ccccc2-c2c(-c3ccc(-c4ccc(N(c5cccc6nsnc56)c5ccc(-c6ccccc6)c6nsnc56)c5nsnc45)cc3)cccc21. The van der Waals surface area contributed by atoms with Gasteiger partial charge in [-0.25, -0.2) is 0 Å². The average Bonchev–Trinajstić information content (AvgIpc) is 4.06. The third kappa shape index (κ3) is 4.92. The molecule has 262 valence electrons. The molecule has 0 fully saturated rings. The van der Waals surface area contributed by atoms with Crippen molar-refractivity contribution in [2.75, 3.05) is 4.90 Å². The van der Waals surface area contributed by atoms with E-state index in [4.69, 9.17) is 21.9 Å². The maximum absolute atomic E-state index is 4.94. The molecule has 1 aliphatic carbocycles. The van der Waals surface area contributed by atoms with Crippen LogP contribution in [-0.4, -0.2) is 26.2 Å². The van der Waals surface area contributed by atoms with Crippen molar-refractivity contribution in [3.63, 3.8) is 0 Å². The van der Waals surface area contributed by atoms with Gasteiger partial charge in [0.05, 0.1) is 52.2 Å². The van der Waals surface area contributed by atoms with E-state index in [9.17, 15) is 0 Å². The summed E-state index contributed by atoms with van der Waals surface area (Å²) >= 11 is 3.65. The molecule has 10 heteroatoms. The molecular formula is C45H29N7S3. The van der Waals surface area contributed by atoms with Crippen LogP contribution >= 0.6 is 35.2 Å². The average molecular weight is 764 g/mol. The quantitative estimate of drug-likeness (QED) is 0.167. The number of hydrogen-bond acceptors (Lipinski definition) is 10. The Bertz CT molecular complexity index is 3090. The summed E-state index contributed by atoms with van der Waals surface area (Å²) in [5, 5.41) is 0. The van der Waals surface area contributed by atoms with E-state index in [2.05, 4.69) is 132 Å². The summed E-state index contributed by atoms with van der Waals surface area (Å²) in [7, 11) is 0. The standard InChI is InChI=1S/C45H29N7S3/c1-45(2)33-14-7-6-12-32(33)39-29(13-8-15-34(39)45)27-18-20-28(21-19-27)31-23-25-38(44-41(31)48-55-51-44)52(36-17-9-16-35-42(36)49-53-46-35)37-24-22-30(26-10-4-3-5-11-26)40-43(37)50-54-47-40/h3-25H,1-2H3. The lowest BCUT2D eigenvalue weighted by atomic mass is 9.82. The Morgan fingerprint density at radius 3 is 1.60 bits per heavy atom. The monoisotopic (exact) mass is 763 g/mol. The Morgan fingerprint density at radius 1 is 0.382 bits per heavy atom. The van der Waals surface area contributed by atoms with Crippen molar-refractivity contribution in [2.45, 2.75) is 19.3 Å². The van der Waals surface area contributed by atoms with Gasteiger partial charge in [0.25, 0.3) is 0 Å². The van der Waals surface area contributed by atoms with E-state index in [0.29, 0.717) is 0 Å². The molecule has 0 saturated carbocycles. The van der Waals surface area contributed by atoms with Gasteiger partial charge in [-0.15, -0.1) is 0 Å². The second kappa shape index (κ2) is 12.4. The first-order chi connectivity index (χ1) is 27.1. The van der Waals surface area contributed by atoms with Gasteiger partial charge in [-0.05, 0) is 80.9 Å². The van der Waals surface area contributed by atoms with Crippen LogP contribution in [0.1, 0.15) is 25.0 Å². The minimum Gasteiger partial charge on any atom is -0.304 e. The second-order valence-electron chi connectivity index (χ2n) is 14.3. The molecule has 55 heavy (non-hydrogen) atoms. The van der Waals surface area contributed by atoms with Crippen LogP contribution in [0.15, 0.2) is 140 Å². The maximum atomic E-state index is 4.94. The van der Waals surface area contributed by atoms with Gasteiger partial charge in [-0.1, -0.05) is 117 Å². The fraction of sp³-hybridized carbons (Fsp3) is 0.0667. The van der Waals surface area contributed by atoms with Crippen molar-refractivity contribution in [2.24, 2.45) is 0 Å². The zero-order valence-electron chi connectivity index (χ0n) is 29.6. The number of rotatable bonds is 6. The number of hydrogen-bond donors (Lipinski definition) is 0. The molecule has 10 aromatic rings. The summed E-state index contributed by atoms with van der Waals surface area (Å²) < 4.78 is 28.9. The van der Waals surface area contributed by atoms with E-state index in [1.807, 2.05) is 30.3 Å². The fourth-order valence-electron chi connectivity index (χ4n) is 8.34. The number of aromatic nitrogens is 6. The van der Waals surface area contributed by atoms with E-state index < -0.39 is 0 Å². The topological polar surface area (TPSA) is 80.6 Å². The van der Waals surface area contributed by atoms with E-state index >= 15 is 0 Å². The Balaban J connectivity index is 1.05. The molecule has 0 atom stereocenters. The van der Waals surface area contributed by atoms with Crippen molar-refractivity contribution in [1.29, 1.82) is 0 Å². The fourth-order valence-corrected chi connectivity index (χ4v) is 10.0. The van der Waals surface area contributed by atoms with Gasteiger partial charge in [0.1, 0.15) is 33.1 Å². The molecule has 0 saturated heterocycles. The highest BCUT2D eigenvalue weighted by Crippen LogP contribution is 2.52. The van der Waals surface area contributed by atoms with E-state index in [0.717, 1.165) is 72.4 Å². The summed E-state index contributed by atoms with van der Waals surface area (Å²) in [4.78, 5) is 2.20. The first kappa shape index (κ1) is 32.2. The zero-order chi connectivity index (χ0) is 36.7. The molecule has 3 aromatic heterocycles. The summed E-state index contributed by atoms with van der Waals surface area (Å²) in [6, 6.07) is 49.4. The normalized spacial score (nSPS) is 13.1. The predicted octanol–water partition coefficient (Wildman–Crippen LogP) is 12.5. The predicted molar refractivity (Wildman–Crippen MR) is 228 cm³/mol. The third-order valence-corrected chi connectivity index (χ3v) is 12.6. The van der Waals surface area contributed by atoms with Gasteiger partial charge in [0, 0.05) is 16.5 Å². The van der Waals surface area contributed by atoms with Crippen molar-refractivity contribution in [3.8, 4) is 44.5 Å². The van der Waals surface area contributed by atoms with Gasteiger partial charge < -0.3 is 4.90 Å². The van der Waals surface area contributed by atoms with Crippen LogP contribution in [0.25, 0.3) is 77.6 Å². The Kier molecular flexibility index (Phi) is 7.28. The van der Waals surface area contributed by atoms with Crippen LogP contribution in [-0.2, 0) is 5.41 Å². The molecule has 0 N–H and O–H groups in total. The van der Waals surface area contributed by atoms with Crippen molar-refractivity contribution in [1.82, 2.24) is 26.2 Å². The highest BCUT2D eigenvalue weighted by molar-refractivity contribution is 7.00. The summed E-state index contributed by atoms with van der Waals surface area (Å²) in [5.41, 5.74) is 19.6. The smallest absolute Gasteiger partial charge is 0.129 e. The second-order valence-corrected chi connectivity index (χ2v) is 15.9. The first-order valence-corrected chi connectivity index (χ1v) is 20.2. The molecule has 0 bridgehead atoms. The summed E-state index contributed by atoms with van der Waals surface area (Å²) in [6.07, 6.45) is 0. The molecule has 11 rings (SSSR count). The number of nitrogens with zero attached hydrogens (tertiary/aromatic N) is 7. The molecule has 3 heterocycles. The van der Waals surface area contributed by atoms with Gasteiger partial charge in [-0.3, -0.25) is 0 Å². The van der Waals surface area contributed by atoms with Crippen LogP contribution in [0.3, 0.4) is 0 Å². The van der Waals surface area contributed by atoms with Gasteiger partial charge in [0.2, 0.25) is 0 Å². The third-order valence-electron chi connectivity index (χ3n) is 11.0. The van der Waals surface area contributed by atoms with E-state index in [1.54, 1.807) is 0 Å². The Labute approximate surface area is 329 Å². The van der Waals surface area contributed by atoms with E-state index in [-0.39, 0.29) is 5.41 Å². The van der Waals surface area contributed by atoms with Gasteiger partial charge in [0.15, 0.2) is 0 Å².